The number of fused-ring (bicyclic) bond motifs is 3. The first-order valence-electron chi connectivity index (χ1n) is 12.1. The molecule has 3 N–H and O–H groups in total. The van der Waals surface area contributed by atoms with Gasteiger partial charge in [0, 0.05) is 18.1 Å². The molecule has 0 radical (unpaired) electrons. The van der Waals surface area contributed by atoms with E-state index in [1.165, 1.54) is 21.3 Å². The van der Waals surface area contributed by atoms with Crippen LogP contribution in [0.4, 0.5) is 0 Å². The van der Waals surface area contributed by atoms with Gasteiger partial charge in [-0.2, -0.15) is 0 Å². The molecule has 3 aromatic carbocycles. The third-order valence-electron chi connectivity index (χ3n) is 7.55. The lowest BCUT2D eigenvalue weighted by Gasteiger charge is -2.40. The Morgan fingerprint density at radius 1 is 0.949 bits per heavy atom. The molecule has 1 saturated carbocycles. The molecule has 1 fully saturated rings. The lowest BCUT2D eigenvalue weighted by molar-refractivity contribution is -0.154. The highest BCUT2D eigenvalue weighted by Gasteiger charge is 2.78. The zero-order valence-corrected chi connectivity index (χ0v) is 22.6. The van der Waals surface area contributed by atoms with Crippen LogP contribution in [0.5, 0.6) is 23.0 Å². The SMILES string of the molecule is COc1ccc([C@@]23Oc4cc(OC)cc(OC)c4[C@]2(O)[C@H](O)[C@H](C(=O)NS(C)(=O)=O)[C@H]3c2ccccc2)cc1. The Morgan fingerprint density at radius 3 is 2.15 bits per heavy atom. The molecule has 39 heavy (non-hydrogen) atoms. The van der Waals surface area contributed by atoms with Gasteiger partial charge in [0.15, 0.2) is 11.2 Å². The summed E-state index contributed by atoms with van der Waals surface area (Å²) in [5.41, 5.74) is -3.00. The quantitative estimate of drug-likeness (QED) is 0.399. The summed E-state index contributed by atoms with van der Waals surface area (Å²) < 4.78 is 49.2. The van der Waals surface area contributed by atoms with E-state index in [1.54, 1.807) is 66.7 Å². The average molecular weight is 556 g/mol. The number of sulfonamides is 1. The van der Waals surface area contributed by atoms with Crippen molar-refractivity contribution in [2.45, 2.75) is 23.2 Å². The van der Waals surface area contributed by atoms with Crippen LogP contribution in [-0.2, 0) is 26.0 Å². The Labute approximate surface area is 226 Å². The van der Waals surface area contributed by atoms with Gasteiger partial charge in [-0.15, -0.1) is 0 Å². The van der Waals surface area contributed by atoms with Crippen LogP contribution in [0.1, 0.15) is 22.6 Å². The molecule has 1 heterocycles. The van der Waals surface area contributed by atoms with E-state index >= 15 is 0 Å². The molecule has 5 rings (SSSR count). The summed E-state index contributed by atoms with van der Waals surface area (Å²) in [6, 6.07) is 18.6. The fourth-order valence-electron chi connectivity index (χ4n) is 6.05. The second-order valence-corrected chi connectivity index (χ2v) is 11.4. The molecule has 5 atom stereocenters. The highest BCUT2D eigenvalue weighted by Crippen LogP contribution is 2.70. The molecule has 0 bridgehead atoms. The normalized spacial score (nSPS) is 27.2. The number of carbonyl (C=O) groups is 1. The van der Waals surface area contributed by atoms with E-state index in [4.69, 9.17) is 18.9 Å². The molecule has 206 valence electrons. The standard InChI is InChI=1S/C28H29NO9S/c1-35-18-12-10-17(11-13-18)28-23(16-8-6-5-7-9-16)22(26(31)29-39(4,33)34)25(30)27(28,32)24-20(37-3)14-19(36-2)15-21(24)38-28/h5-15,22-23,25,30,32H,1-4H3,(H,29,31)/t22-,23-,25-,27+,28+/m1/s1. The van der Waals surface area contributed by atoms with Gasteiger partial charge in [-0.05, 0) is 23.3 Å². The van der Waals surface area contributed by atoms with Crippen molar-refractivity contribution in [1.29, 1.82) is 0 Å². The second kappa shape index (κ2) is 9.44. The molecule has 1 aliphatic heterocycles. The summed E-state index contributed by atoms with van der Waals surface area (Å²) >= 11 is 0. The number of rotatable bonds is 7. The highest BCUT2D eigenvalue weighted by molar-refractivity contribution is 7.89. The van der Waals surface area contributed by atoms with Crippen LogP contribution >= 0.6 is 0 Å². The number of carbonyl (C=O) groups excluding carboxylic acids is 1. The van der Waals surface area contributed by atoms with Crippen molar-refractivity contribution >= 4 is 15.9 Å². The number of ether oxygens (including phenoxy) is 4. The number of aliphatic hydroxyl groups is 2. The molecule has 10 nitrogen and oxygen atoms in total. The summed E-state index contributed by atoms with van der Waals surface area (Å²) in [5.74, 6) is -2.21. The maximum absolute atomic E-state index is 13.6. The summed E-state index contributed by atoms with van der Waals surface area (Å²) in [7, 11) is 0.383. The van der Waals surface area contributed by atoms with E-state index in [-0.39, 0.29) is 17.1 Å². The lowest BCUT2D eigenvalue weighted by atomic mass is 9.70. The van der Waals surface area contributed by atoms with Crippen molar-refractivity contribution in [2.24, 2.45) is 5.92 Å². The summed E-state index contributed by atoms with van der Waals surface area (Å²) in [5, 5.41) is 24.7. The molecule has 0 saturated heterocycles. The second-order valence-electron chi connectivity index (χ2n) is 9.63. The zero-order chi connectivity index (χ0) is 28.2. The fourth-order valence-corrected chi connectivity index (χ4v) is 6.55. The Morgan fingerprint density at radius 2 is 1.59 bits per heavy atom. The topological polar surface area (TPSA) is 141 Å². The Kier molecular flexibility index (Phi) is 6.48. The van der Waals surface area contributed by atoms with Crippen molar-refractivity contribution in [2.75, 3.05) is 27.6 Å². The van der Waals surface area contributed by atoms with E-state index in [9.17, 15) is 23.4 Å². The van der Waals surface area contributed by atoms with Gasteiger partial charge in [0.05, 0.1) is 39.1 Å². The van der Waals surface area contributed by atoms with Crippen LogP contribution in [0.3, 0.4) is 0 Å². The van der Waals surface area contributed by atoms with Crippen molar-refractivity contribution in [3.63, 3.8) is 0 Å². The predicted molar refractivity (Wildman–Crippen MR) is 140 cm³/mol. The third kappa shape index (κ3) is 3.91. The number of amides is 1. The van der Waals surface area contributed by atoms with Gasteiger partial charge in [-0.1, -0.05) is 42.5 Å². The minimum absolute atomic E-state index is 0.115. The van der Waals surface area contributed by atoms with Gasteiger partial charge in [-0.25, -0.2) is 8.42 Å². The third-order valence-corrected chi connectivity index (χ3v) is 8.12. The number of hydrogen-bond acceptors (Lipinski definition) is 9. The first-order chi connectivity index (χ1) is 18.5. The number of nitrogens with one attached hydrogen (secondary N) is 1. The zero-order valence-electron chi connectivity index (χ0n) is 21.7. The molecular formula is C28H29NO9S. The van der Waals surface area contributed by atoms with Gasteiger partial charge in [-0.3, -0.25) is 9.52 Å². The van der Waals surface area contributed by atoms with Gasteiger partial charge in [0.25, 0.3) is 0 Å². The van der Waals surface area contributed by atoms with E-state index in [0.29, 0.717) is 22.6 Å². The monoisotopic (exact) mass is 555 g/mol. The van der Waals surface area contributed by atoms with Crippen LogP contribution in [-0.4, -0.2) is 58.2 Å². The van der Waals surface area contributed by atoms with Crippen molar-refractivity contribution in [1.82, 2.24) is 4.72 Å². The van der Waals surface area contributed by atoms with E-state index in [2.05, 4.69) is 0 Å². The largest absolute Gasteiger partial charge is 0.497 e. The van der Waals surface area contributed by atoms with Gasteiger partial charge in [0.2, 0.25) is 15.9 Å². The lowest BCUT2D eigenvalue weighted by Crippen LogP contribution is -2.52. The summed E-state index contributed by atoms with van der Waals surface area (Å²) in [4.78, 5) is 13.6. The number of benzene rings is 3. The van der Waals surface area contributed by atoms with Gasteiger partial charge >= 0.3 is 0 Å². The molecule has 0 aromatic heterocycles. The first-order valence-corrected chi connectivity index (χ1v) is 14.0. The van der Waals surface area contributed by atoms with Crippen LogP contribution < -0.4 is 23.7 Å². The molecule has 1 amide bonds. The molecule has 2 aliphatic rings. The summed E-state index contributed by atoms with van der Waals surface area (Å²) in [6.45, 7) is 0. The smallest absolute Gasteiger partial charge is 0.240 e. The minimum atomic E-state index is -4.00. The van der Waals surface area contributed by atoms with Gasteiger partial charge < -0.3 is 29.2 Å². The molecule has 1 aliphatic carbocycles. The maximum atomic E-state index is 13.6. The van der Waals surface area contributed by atoms with E-state index in [0.717, 1.165) is 6.26 Å². The maximum Gasteiger partial charge on any atom is 0.240 e. The highest BCUT2D eigenvalue weighted by atomic mass is 32.2. The molecular weight excluding hydrogens is 526 g/mol. The predicted octanol–water partition coefficient (Wildman–Crippen LogP) is 2.04. The first kappa shape index (κ1) is 26.8. The Bertz CT molecular complexity index is 1510. The van der Waals surface area contributed by atoms with Crippen LogP contribution in [0, 0.1) is 5.92 Å². The average Bonchev–Trinajstić information content (AvgIpc) is 3.30. The summed E-state index contributed by atoms with van der Waals surface area (Å²) in [6.07, 6.45) is -0.977. The Hall–Kier alpha value is -3.80. The molecule has 11 heteroatoms. The van der Waals surface area contributed by atoms with E-state index < -0.39 is 45.1 Å². The molecule has 3 aromatic rings. The van der Waals surface area contributed by atoms with Gasteiger partial charge in [0.1, 0.15) is 29.1 Å². The van der Waals surface area contributed by atoms with Crippen molar-refractivity contribution in [3.8, 4) is 23.0 Å². The number of hydrogen-bond donors (Lipinski definition) is 3. The van der Waals surface area contributed by atoms with Crippen molar-refractivity contribution < 1.29 is 42.4 Å². The Balaban J connectivity index is 1.87. The van der Waals surface area contributed by atoms with Crippen molar-refractivity contribution in [3.05, 3.63) is 83.4 Å². The van der Waals surface area contributed by atoms with Crippen LogP contribution in [0.15, 0.2) is 66.7 Å². The number of methoxy groups -OCH3 is 3. The van der Waals surface area contributed by atoms with Crippen LogP contribution in [0.25, 0.3) is 0 Å². The molecule has 0 unspecified atom stereocenters. The van der Waals surface area contributed by atoms with E-state index in [1.807, 2.05) is 4.72 Å². The van der Waals surface area contributed by atoms with Crippen LogP contribution in [0.2, 0.25) is 0 Å². The molecule has 0 spiro atoms. The number of aliphatic hydroxyl groups excluding tert-OH is 1. The minimum Gasteiger partial charge on any atom is -0.497 e. The fraction of sp³-hybridized carbons (Fsp3) is 0.321.